The third-order valence-electron chi connectivity index (χ3n) is 7.17. The second-order valence-electron chi connectivity index (χ2n) is 9.15. The molecule has 0 aliphatic carbocycles. The Bertz CT molecular complexity index is 682. The molecular formula is C23H35N3O2. The summed E-state index contributed by atoms with van der Waals surface area (Å²) in [5.74, 6) is 0.208. The fourth-order valence-corrected chi connectivity index (χ4v) is 5.51. The summed E-state index contributed by atoms with van der Waals surface area (Å²) in [6.07, 6.45) is 6.14. The molecule has 154 valence electrons. The number of hydrogen-bond donors (Lipinski definition) is 1. The third kappa shape index (κ3) is 4.06. The van der Waals surface area contributed by atoms with Crippen LogP contribution in [0.2, 0.25) is 0 Å². The van der Waals surface area contributed by atoms with Crippen LogP contribution in [0.5, 0.6) is 0 Å². The molecule has 5 heteroatoms. The van der Waals surface area contributed by atoms with Gasteiger partial charge in [-0.2, -0.15) is 0 Å². The van der Waals surface area contributed by atoms with E-state index in [9.17, 15) is 9.90 Å². The van der Waals surface area contributed by atoms with E-state index >= 15 is 0 Å². The van der Waals surface area contributed by atoms with Gasteiger partial charge in [0.25, 0.3) is 0 Å². The Morgan fingerprint density at radius 1 is 1.04 bits per heavy atom. The van der Waals surface area contributed by atoms with E-state index in [2.05, 4.69) is 45.9 Å². The van der Waals surface area contributed by atoms with Crippen molar-refractivity contribution < 1.29 is 9.90 Å². The summed E-state index contributed by atoms with van der Waals surface area (Å²) in [6.45, 7) is 8.30. The van der Waals surface area contributed by atoms with E-state index in [1.165, 1.54) is 24.1 Å². The average molecular weight is 386 g/mol. The molecular weight excluding hydrogens is 350 g/mol. The number of aliphatic hydroxyl groups is 1. The van der Waals surface area contributed by atoms with Crippen molar-refractivity contribution in [1.29, 1.82) is 0 Å². The van der Waals surface area contributed by atoms with Gasteiger partial charge in [-0.15, -0.1) is 0 Å². The molecule has 0 unspecified atom stereocenters. The van der Waals surface area contributed by atoms with Gasteiger partial charge in [-0.3, -0.25) is 9.69 Å². The fourth-order valence-electron chi connectivity index (χ4n) is 5.51. The lowest BCUT2D eigenvalue weighted by Crippen LogP contribution is -2.55. The molecule has 0 aromatic heterocycles. The zero-order valence-electron chi connectivity index (χ0n) is 17.4. The molecule has 2 atom stereocenters. The number of fused-ring (bicyclic) bond motifs is 1. The zero-order valence-corrected chi connectivity index (χ0v) is 17.4. The quantitative estimate of drug-likeness (QED) is 0.869. The number of carbonyl (C=O) groups is 1. The first kappa shape index (κ1) is 19.7. The maximum atomic E-state index is 12.0. The van der Waals surface area contributed by atoms with Gasteiger partial charge in [-0.25, -0.2) is 0 Å². The van der Waals surface area contributed by atoms with Gasteiger partial charge in [0.2, 0.25) is 5.91 Å². The zero-order chi connectivity index (χ0) is 19.7. The molecule has 5 nitrogen and oxygen atoms in total. The minimum absolute atomic E-state index is 0.208. The highest BCUT2D eigenvalue weighted by Crippen LogP contribution is 2.33. The van der Waals surface area contributed by atoms with E-state index in [0.717, 1.165) is 58.4 Å². The monoisotopic (exact) mass is 385 g/mol. The molecule has 4 rings (SSSR count). The van der Waals surface area contributed by atoms with Crippen molar-refractivity contribution in [2.75, 3.05) is 37.6 Å². The predicted octanol–water partition coefficient (Wildman–Crippen LogP) is 2.80. The largest absolute Gasteiger partial charge is 0.388 e. The van der Waals surface area contributed by atoms with Crippen LogP contribution in [0.15, 0.2) is 24.3 Å². The molecule has 0 radical (unpaired) electrons. The van der Waals surface area contributed by atoms with Crippen molar-refractivity contribution in [3.63, 3.8) is 0 Å². The van der Waals surface area contributed by atoms with Crippen LogP contribution in [0.4, 0.5) is 5.69 Å². The van der Waals surface area contributed by atoms with Crippen LogP contribution in [0.3, 0.4) is 0 Å². The second-order valence-corrected chi connectivity index (χ2v) is 9.15. The summed E-state index contributed by atoms with van der Waals surface area (Å²) in [7, 11) is 0. The van der Waals surface area contributed by atoms with Crippen LogP contribution in [-0.4, -0.2) is 71.2 Å². The fraction of sp³-hybridized carbons (Fsp3) is 0.696. The number of nitrogens with zero attached hydrogens (tertiary/aromatic N) is 3. The molecule has 3 saturated heterocycles. The number of likely N-dealkylation sites (tertiary alicyclic amines) is 2. The number of β-amino-alcohol motifs (C(OH)–C–C–N with tert-alkyl or cyclic N) is 1. The van der Waals surface area contributed by atoms with Crippen molar-refractivity contribution in [2.45, 2.75) is 70.1 Å². The Hall–Kier alpha value is -1.59. The lowest BCUT2D eigenvalue weighted by Gasteiger charge is -2.43. The predicted molar refractivity (Wildman–Crippen MR) is 113 cm³/mol. The lowest BCUT2D eigenvalue weighted by atomic mass is 9.89. The van der Waals surface area contributed by atoms with Crippen molar-refractivity contribution in [3.8, 4) is 0 Å². The van der Waals surface area contributed by atoms with Crippen molar-refractivity contribution >= 4 is 11.6 Å². The SMILES string of the molecule is CC(=O)N1CC[C@@H]2[C@H]1CCCCN2CC1(O)CCN(c2ccc(C)cc2)CC1. The van der Waals surface area contributed by atoms with E-state index in [4.69, 9.17) is 0 Å². The molecule has 3 aliphatic rings. The normalized spacial score (nSPS) is 28.1. The average Bonchev–Trinajstić information content (AvgIpc) is 3.01. The Balaban J connectivity index is 1.39. The van der Waals surface area contributed by atoms with Gasteiger partial charge in [-0.1, -0.05) is 24.1 Å². The molecule has 0 bridgehead atoms. The van der Waals surface area contributed by atoms with Crippen LogP contribution in [0.1, 0.15) is 51.0 Å². The minimum atomic E-state index is -0.611. The molecule has 0 spiro atoms. The van der Waals surface area contributed by atoms with Gasteiger partial charge in [0.1, 0.15) is 0 Å². The number of piperidine rings is 1. The molecule has 0 saturated carbocycles. The lowest BCUT2D eigenvalue weighted by molar-refractivity contribution is -0.130. The highest BCUT2D eigenvalue weighted by molar-refractivity contribution is 5.74. The summed E-state index contributed by atoms with van der Waals surface area (Å²) >= 11 is 0. The summed E-state index contributed by atoms with van der Waals surface area (Å²) in [4.78, 5) is 19.0. The topological polar surface area (TPSA) is 47.0 Å². The first-order valence-electron chi connectivity index (χ1n) is 11.0. The Kier molecular flexibility index (Phi) is 5.66. The molecule has 1 aromatic rings. The standard InChI is InChI=1S/C23H35N3O2/c1-18-6-8-20(9-7-18)24-15-11-23(28,12-16-24)17-25-13-4-3-5-22-21(25)10-14-26(22)19(2)27/h6-9,21-22,28H,3-5,10-17H2,1-2H3/t21-,22-/m1/s1. The highest BCUT2D eigenvalue weighted by atomic mass is 16.3. The molecule has 1 N–H and O–H groups in total. The van der Waals surface area contributed by atoms with Gasteiger partial charge in [0, 0.05) is 50.9 Å². The first-order chi connectivity index (χ1) is 13.5. The van der Waals surface area contributed by atoms with Gasteiger partial charge in [0.05, 0.1) is 5.60 Å². The molecule has 3 heterocycles. The summed E-state index contributed by atoms with van der Waals surface area (Å²) in [5.41, 5.74) is 1.93. The van der Waals surface area contributed by atoms with Crippen LogP contribution in [0, 0.1) is 6.92 Å². The van der Waals surface area contributed by atoms with E-state index in [-0.39, 0.29) is 5.91 Å². The van der Waals surface area contributed by atoms with Gasteiger partial charge in [0.15, 0.2) is 0 Å². The maximum Gasteiger partial charge on any atom is 0.219 e. The third-order valence-corrected chi connectivity index (χ3v) is 7.17. The van der Waals surface area contributed by atoms with E-state index in [1.807, 2.05) is 0 Å². The van der Waals surface area contributed by atoms with Crippen molar-refractivity contribution in [3.05, 3.63) is 29.8 Å². The van der Waals surface area contributed by atoms with Gasteiger partial charge < -0.3 is 14.9 Å². The number of anilines is 1. The smallest absolute Gasteiger partial charge is 0.219 e. The van der Waals surface area contributed by atoms with E-state index < -0.39 is 5.60 Å². The second kappa shape index (κ2) is 8.03. The first-order valence-corrected chi connectivity index (χ1v) is 11.0. The number of aryl methyl sites for hydroxylation is 1. The van der Waals surface area contributed by atoms with Crippen molar-refractivity contribution in [1.82, 2.24) is 9.80 Å². The summed E-state index contributed by atoms with van der Waals surface area (Å²) in [5, 5.41) is 11.4. The summed E-state index contributed by atoms with van der Waals surface area (Å²) in [6, 6.07) is 9.46. The number of hydrogen-bond acceptors (Lipinski definition) is 4. The van der Waals surface area contributed by atoms with Gasteiger partial charge in [-0.05, 0) is 57.7 Å². The van der Waals surface area contributed by atoms with Crippen molar-refractivity contribution in [2.24, 2.45) is 0 Å². The Morgan fingerprint density at radius 2 is 1.75 bits per heavy atom. The minimum Gasteiger partial charge on any atom is -0.388 e. The van der Waals surface area contributed by atoms with Gasteiger partial charge >= 0.3 is 0 Å². The van der Waals surface area contributed by atoms with Crippen LogP contribution in [-0.2, 0) is 4.79 Å². The number of carbonyl (C=O) groups excluding carboxylic acids is 1. The van der Waals surface area contributed by atoms with Crippen LogP contribution < -0.4 is 4.90 Å². The molecule has 1 aromatic carbocycles. The molecule has 3 fully saturated rings. The van der Waals surface area contributed by atoms with E-state index in [0.29, 0.717) is 12.1 Å². The molecule has 28 heavy (non-hydrogen) atoms. The highest BCUT2D eigenvalue weighted by Gasteiger charge is 2.43. The number of rotatable bonds is 3. The Labute approximate surface area is 169 Å². The number of amides is 1. The molecule has 3 aliphatic heterocycles. The van der Waals surface area contributed by atoms with E-state index in [1.54, 1.807) is 6.92 Å². The summed E-state index contributed by atoms with van der Waals surface area (Å²) < 4.78 is 0. The Morgan fingerprint density at radius 3 is 2.43 bits per heavy atom. The maximum absolute atomic E-state index is 12.0. The number of benzene rings is 1. The van der Waals surface area contributed by atoms with Crippen LogP contribution >= 0.6 is 0 Å². The van der Waals surface area contributed by atoms with Crippen LogP contribution in [0.25, 0.3) is 0 Å². The molecule has 1 amide bonds.